The van der Waals surface area contributed by atoms with Gasteiger partial charge in [-0.05, 0) is 44.9 Å². The van der Waals surface area contributed by atoms with Crippen LogP contribution in [-0.4, -0.2) is 193 Å². The van der Waals surface area contributed by atoms with E-state index in [-0.39, 0.29) is 18.9 Å². The average molecular weight is 1200 g/mol. The van der Waals surface area contributed by atoms with Crippen LogP contribution in [0, 0.1) is 0 Å². The number of hydrogen-bond donors (Lipinski definition) is 12. The molecule has 3 rings (SSSR count). The Morgan fingerprint density at radius 1 is 0.417 bits per heavy atom. The number of rotatable bonds is 50. The maximum Gasteiger partial charge on any atom is 0.220 e. The molecule has 17 atom stereocenters. The molecule has 0 aromatic heterocycles. The Balaban J connectivity index is 1.38. The number of ether oxygens (including phenoxy) is 6. The fourth-order valence-electron chi connectivity index (χ4n) is 11.2. The van der Waals surface area contributed by atoms with Crippen LogP contribution in [0.15, 0.2) is 36.5 Å². The van der Waals surface area contributed by atoms with Gasteiger partial charge in [-0.1, -0.05) is 224 Å². The highest BCUT2D eigenvalue weighted by molar-refractivity contribution is 5.76. The van der Waals surface area contributed by atoms with Gasteiger partial charge in [0.2, 0.25) is 5.91 Å². The lowest BCUT2D eigenvalue weighted by Gasteiger charge is -2.48. The van der Waals surface area contributed by atoms with Crippen LogP contribution in [0.25, 0.3) is 0 Å². The van der Waals surface area contributed by atoms with Gasteiger partial charge in [0.25, 0.3) is 0 Å². The van der Waals surface area contributed by atoms with E-state index in [4.69, 9.17) is 28.4 Å². The molecule has 3 saturated heterocycles. The van der Waals surface area contributed by atoms with Crippen molar-refractivity contribution in [1.29, 1.82) is 0 Å². The zero-order chi connectivity index (χ0) is 61.2. The van der Waals surface area contributed by atoms with Gasteiger partial charge in [-0.25, -0.2) is 0 Å². The number of nitrogens with one attached hydrogen (secondary N) is 1. The summed E-state index contributed by atoms with van der Waals surface area (Å²) in [6, 6.07) is -0.992. The van der Waals surface area contributed by atoms with Gasteiger partial charge >= 0.3 is 0 Å². The first kappa shape index (κ1) is 76.3. The van der Waals surface area contributed by atoms with Gasteiger partial charge in [-0.15, -0.1) is 0 Å². The molecule has 492 valence electrons. The first-order valence-electron chi connectivity index (χ1n) is 33.2. The highest BCUT2D eigenvalue weighted by Gasteiger charge is 2.53. The van der Waals surface area contributed by atoms with Gasteiger partial charge in [-0.2, -0.15) is 0 Å². The van der Waals surface area contributed by atoms with E-state index in [0.29, 0.717) is 12.8 Å². The van der Waals surface area contributed by atoms with E-state index >= 15 is 0 Å². The summed E-state index contributed by atoms with van der Waals surface area (Å²) in [5.41, 5.74) is 0. The topological polar surface area (TPSA) is 307 Å². The Hall–Kier alpha value is -1.99. The molecule has 0 aromatic carbocycles. The predicted molar refractivity (Wildman–Crippen MR) is 323 cm³/mol. The highest BCUT2D eigenvalue weighted by atomic mass is 16.8. The minimum absolute atomic E-state index is 0.232. The van der Waals surface area contributed by atoms with E-state index in [1.54, 1.807) is 6.08 Å². The van der Waals surface area contributed by atoms with Gasteiger partial charge < -0.3 is 89.9 Å². The Labute approximate surface area is 504 Å². The molecule has 0 radical (unpaired) electrons. The molecule has 84 heavy (non-hydrogen) atoms. The molecule has 0 saturated carbocycles. The molecule has 0 aromatic rings. The Kier molecular flexibility index (Phi) is 43.5. The molecule has 19 nitrogen and oxygen atoms in total. The number of carbonyl (C=O) groups excluding carboxylic acids is 1. The lowest BCUT2D eigenvalue weighted by molar-refractivity contribution is -0.379. The summed E-state index contributed by atoms with van der Waals surface area (Å²) in [5.74, 6) is -0.294. The van der Waals surface area contributed by atoms with Crippen molar-refractivity contribution >= 4 is 5.91 Å². The van der Waals surface area contributed by atoms with Crippen molar-refractivity contribution in [3.63, 3.8) is 0 Å². The largest absolute Gasteiger partial charge is 0.394 e. The molecule has 1 amide bonds. The van der Waals surface area contributed by atoms with Gasteiger partial charge in [-0.3, -0.25) is 4.79 Å². The van der Waals surface area contributed by atoms with Gasteiger partial charge in [0.1, 0.15) is 73.2 Å². The summed E-state index contributed by atoms with van der Waals surface area (Å²) >= 11 is 0. The van der Waals surface area contributed by atoms with Crippen LogP contribution in [0.1, 0.15) is 239 Å². The molecular weight excluding hydrogens is 1080 g/mol. The second kappa shape index (κ2) is 47.9. The summed E-state index contributed by atoms with van der Waals surface area (Å²) in [5, 5.41) is 120. The third-order valence-electron chi connectivity index (χ3n) is 16.7. The highest BCUT2D eigenvalue weighted by Crippen LogP contribution is 2.33. The Bertz CT molecular complexity index is 1670. The average Bonchev–Trinajstić information content (AvgIpc) is 2.89. The molecule has 3 heterocycles. The molecular formula is C65H119NO18. The molecule has 17 unspecified atom stereocenters. The Morgan fingerprint density at radius 2 is 0.762 bits per heavy atom. The second-order valence-corrected chi connectivity index (χ2v) is 23.9. The molecule has 0 bridgehead atoms. The van der Waals surface area contributed by atoms with Crippen LogP contribution >= 0.6 is 0 Å². The lowest BCUT2D eigenvalue weighted by atomic mass is 9.96. The number of carbonyl (C=O) groups is 1. The number of aliphatic hydroxyl groups excluding tert-OH is 11. The molecule has 3 fully saturated rings. The third-order valence-corrected chi connectivity index (χ3v) is 16.7. The maximum absolute atomic E-state index is 13.2. The zero-order valence-electron chi connectivity index (χ0n) is 51.6. The molecule has 3 aliphatic heterocycles. The summed E-state index contributed by atoms with van der Waals surface area (Å²) in [4.78, 5) is 13.2. The minimum atomic E-state index is -1.98. The molecule has 0 aliphatic carbocycles. The molecule has 19 heteroatoms. The van der Waals surface area contributed by atoms with Crippen molar-refractivity contribution in [2.24, 2.45) is 0 Å². The van der Waals surface area contributed by atoms with Gasteiger partial charge in [0, 0.05) is 6.42 Å². The normalized spacial score (nSPS) is 29.4. The van der Waals surface area contributed by atoms with Crippen LogP contribution < -0.4 is 5.32 Å². The predicted octanol–water partition coefficient (Wildman–Crippen LogP) is 7.66. The number of aliphatic hydroxyl groups is 11. The monoisotopic (exact) mass is 1200 g/mol. The maximum atomic E-state index is 13.2. The smallest absolute Gasteiger partial charge is 0.220 e. The van der Waals surface area contributed by atoms with E-state index in [9.17, 15) is 61.0 Å². The lowest BCUT2D eigenvalue weighted by Crippen LogP contribution is -2.66. The quantitative estimate of drug-likeness (QED) is 0.0205. The van der Waals surface area contributed by atoms with Crippen molar-refractivity contribution in [2.75, 3.05) is 26.4 Å². The summed E-state index contributed by atoms with van der Waals surface area (Å²) < 4.78 is 34.2. The van der Waals surface area contributed by atoms with Crippen LogP contribution in [0.5, 0.6) is 0 Å². The molecule has 0 spiro atoms. The van der Waals surface area contributed by atoms with Crippen molar-refractivity contribution in [2.45, 2.75) is 343 Å². The first-order chi connectivity index (χ1) is 40.8. The van der Waals surface area contributed by atoms with Crippen LogP contribution in [0.4, 0.5) is 0 Å². The van der Waals surface area contributed by atoms with Crippen LogP contribution in [0.2, 0.25) is 0 Å². The van der Waals surface area contributed by atoms with E-state index in [0.717, 1.165) is 51.4 Å². The summed E-state index contributed by atoms with van der Waals surface area (Å²) in [7, 11) is 0. The second-order valence-electron chi connectivity index (χ2n) is 23.9. The van der Waals surface area contributed by atoms with E-state index in [1.807, 2.05) is 6.08 Å². The minimum Gasteiger partial charge on any atom is -0.394 e. The number of allylic oxidation sites excluding steroid dienone is 5. The van der Waals surface area contributed by atoms with Crippen LogP contribution in [0.3, 0.4) is 0 Å². The van der Waals surface area contributed by atoms with Crippen molar-refractivity contribution in [3.8, 4) is 0 Å². The van der Waals surface area contributed by atoms with Crippen molar-refractivity contribution < 1.29 is 89.4 Å². The van der Waals surface area contributed by atoms with Crippen molar-refractivity contribution in [3.05, 3.63) is 36.5 Å². The fourth-order valence-corrected chi connectivity index (χ4v) is 11.2. The van der Waals surface area contributed by atoms with Gasteiger partial charge in [0.15, 0.2) is 18.9 Å². The van der Waals surface area contributed by atoms with E-state index in [1.165, 1.54) is 154 Å². The zero-order valence-corrected chi connectivity index (χ0v) is 51.6. The molecule has 12 N–H and O–H groups in total. The van der Waals surface area contributed by atoms with E-state index < -0.39 is 124 Å². The van der Waals surface area contributed by atoms with Crippen molar-refractivity contribution in [1.82, 2.24) is 5.32 Å². The molecule has 3 aliphatic rings. The number of amides is 1. The summed E-state index contributed by atoms with van der Waals surface area (Å²) in [6.45, 7) is 1.66. The van der Waals surface area contributed by atoms with Crippen LogP contribution in [-0.2, 0) is 33.2 Å². The standard InChI is InChI=1S/C65H119NO18/c1-3-5-7-9-11-13-14-15-16-17-18-19-20-21-22-23-24-25-26-27-28-29-30-31-32-33-34-35-36-38-40-42-49(70)48(66-53(71)43-41-39-37-12-10-8-6-4-2)47-79-63-59(77)56(74)61(51(45-68)81-63)84-65-60(78)57(75)62(52(46-69)82-65)83-64-58(76)55(73)54(72)50(44-67)80-64/h30-31,34-35,40,42,48-52,54-65,67-70,72-78H,3-29,32-33,36-39,41,43-47H2,1-2H3,(H,66,71)/b31-30+,35-34+,42-40+. The number of hydrogen-bond acceptors (Lipinski definition) is 18. The van der Waals surface area contributed by atoms with E-state index in [2.05, 4.69) is 43.5 Å². The summed E-state index contributed by atoms with van der Waals surface area (Å²) in [6.07, 6.45) is 27.6. The first-order valence-corrected chi connectivity index (χ1v) is 33.2. The van der Waals surface area contributed by atoms with Gasteiger partial charge in [0.05, 0.1) is 38.6 Å². The Morgan fingerprint density at radius 3 is 1.19 bits per heavy atom. The number of unbranched alkanes of at least 4 members (excludes halogenated alkanes) is 30. The fraction of sp³-hybridized carbons (Fsp3) is 0.892. The SMILES string of the molecule is CCCCCCCCCCCCCCCCCCCCCCC/C=C/CC/C=C/CC/C=C/C(O)C(COC1OC(CO)C(OC2OC(CO)C(OC3OC(CO)C(O)C(O)C3O)C(O)C2O)C(O)C1O)NC(=O)CCCCCCCCCC. The third kappa shape index (κ3) is 30.5.